The van der Waals surface area contributed by atoms with E-state index in [9.17, 15) is 8.42 Å². The minimum Gasteiger partial charge on any atom is -0.495 e. The summed E-state index contributed by atoms with van der Waals surface area (Å²) in [5.74, 6) is 0.611. The molecular formula is C11H12ClN3O4S. The fraction of sp³-hybridized carbons (Fsp3) is 0.182. The molecule has 0 saturated heterocycles. The van der Waals surface area contributed by atoms with Gasteiger partial charge in [-0.05, 0) is 0 Å². The Bertz CT molecular complexity index is 701. The number of ether oxygens (including phenoxy) is 2. The van der Waals surface area contributed by atoms with Crippen molar-refractivity contribution in [1.82, 2.24) is 10.2 Å². The van der Waals surface area contributed by atoms with Gasteiger partial charge in [0.1, 0.15) is 16.4 Å². The van der Waals surface area contributed by atoms with Crippen LogP contribution in [0.1, 0.15) is 0 Å². The molecule has 2 N–H and O–H groups in total. The summed E-state index contributed by atoms with van der Waals surface area (Å²) in [6.07, 6.45) is 2.46. The van der Waals surface area contributed by atoms with E-state index in [1.54, 1.807) is 0 Å². The van der Waals surface area contributed by atoms with Crippen molar-refractivity contribution in [1.29, 1.82) is 0 Å². The number of methoxy groups -OCH3 is 2. The Balaban J connectivity index is 2.43. The van der Waals surface area contributed by atoms with Gasteiger partial charge >= 0.3 is 0 Å². The molecule has 0 unspecified atom stereocenters. The number of H-pyrrole nitrogens is 1. The number of aromatic amines is 1. The minimum absolute atomic E-state index is 0.00784. The van der Waals surface area contributed by atoms with Crippen LogP contribution < -0.4 is 14.2 Å². The van der Waals surface area contributed by atoms with E-state index in [2.05, 4.69) is 14.9 Å². The topological polar surface area (TPSA) is 93.3 Å². The molecule has 0 aliphatic rings. The first-order valence-corrected chi connectivity index (χ1v) is 7.27. The van der Waals surface area contributed by atoms with E-state index < -0.39 is 10.0 Å². The summed E-state index contributed by atoms with van der Waals surface area (Å²) in [5.41, 5.74) is 0.218. The second-order valence-electron chi connectivity index (χ2n) is 3.73. The maximum atomic E-state index is 12.1. The van der Waals surface area contributed by atoms with Crippen molar-refractivity contribution in [2.75, 3.05) is 18.9 Å². The fourth-order valence-corrected chi connectivity index (χ4v) is 2.73. The highest BCUT2D eigenvalue weighted by atomic mass is 35.5. The largest absolute Gasteiger partial charge is 0.495 e. The SMILES string of the molecule is COc1cc(NS(=O)(=O)c2cn[nH]c2)c(OC)cc1Cl. The van der Waals surface area contributed by atoms with Gasteiger partial charge in [-0.1, -0.05) is 11.6 Å². The molecule has 2 rings (SSSR count). The number of hydrogen-bond acceptors (Lipinski definition) is 5. The second kappa shape index (κ2) is 5.59. The maximum Gasteiger partial charge on any atom is 0.265 e. The number of sulfonamides is 1. The molecule has 0 radical (unpaired) electrons. The van der Waals surface area contributed by atoms with E-state index in [-0.39, 0.29) is 16.3 Å². The molecule has 108 valence electrons. The van der Waals surface area contributed by atoms with Crippen LogP contribution in [0.4, 0.5) is 5.69 Å². The summed E-state index contributed by atoms with van der Waals surface area (Å²) in [7, 11) is -0.920. The van der Waals surface area contributed by atoms with Crippen LogP contribution in [0, 0.1) is 0 Å². The summed E-state index contributed by atoms with van der Waals surface area (Å²) < 4.78 is 36.8. The smallest absolute Gasteiger partial charge is 0.265 e. The average Bonchev–Trinajstić information content (AvgIpc) is 2.94. The van der Waals surface area contributed by atoms with Crippen molar-refractivity contribution in [3.63, 3.8) is 0 Å². The third-order valence-electron chi connectivity index (χ3n) is 2.50. The van der Waals surface area contributed by atoms with Gasteiger partial charge in [-0.15, -0.1) is 0 Å². The zero-order chi connectivity index (χ0) is 14.8. The highest BCUT2D eigenvalue weighted by Crippen LogP contribution is 2.36. The van der Waals surface area contributed by atoms with Crippen molar-refractivity contribution >= 4 is 27.3 Å². The Kier molecular flexibility index (Phi) is 4.05. The first-order chi connectivity index (χ1) is 9.47. The summed E-state index contributed by atoms with van der Waals surface area (Å²) in [6, 6.07) is 2.91. The highest BCUT2D eigenvalue weighted by Gasteiger charge is 2.19. The predicted octanol–water partition coefficient (Wildman–Crippen LogP) is 1.88. The lowest BCUT2D eigenvalue weighted by Crippen LogP contribution is -2.13. The van der Waals surface area contributed by atoms with Crippen molar-refractivity contribution in [3.05, 3.63) is 29.5 Å². The van der Waals surface area contributed by atoms with E-state index in [1.165, 1.54) is 38.7 Å². The van der Waals surface area contributed by atoms with Crippen molar-refractivity contribution in [2.24, 2.45) is 0 Å². The molecule has 0 aliphatic carbocycles. The maximum absolute atomic E-state index is 12.1. The second-order valence-corrected chi connectivity index (χ2v) is 5.82. The molecule has 0 bridgehead atoms. The van der Waals surface area contributed by atoms with Crippen LogP contribution in [0.3, 0.4) is 0 Å². The molecule has 0 saturated carbocycles. The third-order valence-corrected chi connectivity index (χ3v) is 4.13. The van der Waals surface area contributed by atoms with Gasteiger partial charge in [0.15, 0.2) is 0 Å². The van der Waals surface area contributed by atoms with E-state index >= 15 is 0 Å². The van der Waals surface area contributed by atoms with Gasteiger partial charge in [0.25, 0.3) is 10.0 Å². The molecule has 2 aromatic rings. The fourth-order valence-electron chi connectivity index (χ4n) is 1.53. The van der Waals surface area contributed by atoms with E-state index in [0.717, 1.165) is 0 Å². The summed E-state index contributed by atoms with van der Waals surface area (Å²) in [4.78, 5) is 0.00784. The van der Waals surface area contributed by atoms with Gasteiger partial charge in [-0.25, -0.2) is 8.42 Å². The summed E-state index contributed by atoms with van der Waals surface area (Å²) in [6.45, 7) is 0. The van der Waals surface area contributed by atoms with E-state index in [1.807, 2.05) is 0 Å². The molecule has 1 aromatic heterocycles. The molecule has 0 atom stereocenters. The Labute approximate surface area is 120 Å². The number of aromatic nitrogens is 2. The van der Waals surface area contributed by atoms with Crippen LogP contribution in [0.2, 0.25) is 5.02 Å². The molecule has 1 aromatic carbocycles. The number of halogens is 1. The van der Waals surface area contributed by atoms with E-state index in [0.29, 0.717) is 10.8 Å². The third kappa shape index (κ3) is 2.81. The Hall–Kier alpha value is -1.93. The van der Waals surface area contributed by atoms with E-state index in [4.69, 9.17) is 21.1 Å². The van der Waals surface area contributed by atoms with Crippen molar-refractivity contribution in [3.8, 4) is 11.5 Å². The lowest BCUT2D eigenvalue weighted by atomic mass is 10.3. The first kappa shape index (κ1) is 14.5. The molecule has 7 nitrogen and oxygen atoms in total. The molecule has 9 heteroatoms. The van der Waals surface area contributed by atoms with Crippen LogP contribution in [-0.4, -0.2) is 32.8 Å². The molecule has 20 heavy (non-hydrogen) atoms. The van der Waals surface area contributed by atoms with Crippen LogP contribution in [-0.2, 0) is 10.0 Å². The molecule has 0 aliphatic heterocycles. The van der Waals surface area contributed by atoms with Crippen LogP contribution in [0.25, 0.3) is 0 Å². The Morgan fingerprint density at radius 3 is 2.50 bits per heavy atom. The van der Waals surface area contributed by atoms with Crippen LogP contribution in [0.15, 0.2) is 29.4 Å². The number of benzene rings is 1. The number of anilines is 1. The van der Waals surface area contributed by atoms with Gasteiger partial charge in [-0.3, -0.25) is 9.82 Å². The van der Waals surface area contributed by atoms with Crippen molar-refractivity contribution < 1.29 is 17.9 Å². The normalized spacial score (nSPS) is 11.2. The van der Waals surface area contributed by atoms with Gasteiger partial charge in [-0.2, -0.15) is 5.10 Å². The van der Waals surface area contributed by atoms with Crippen LogP contribution in [0.5, 0.6) is 11.5 Å². The summed E-state index contributed by atoms with van der Waals surface area (Å²) >= 11 is 5.95. The minimum atomic E-state index is -3.76. The zero-order valence-corrected chi connectivity index (χ0v) is 12.2. The first-order valence-electron chi connectivity index (χ1n) is 5.41. The summed E-state index contributed by atoms with van der Waals surface area (Å²) in [5, 5.41) is 6.35. The Morgan fingerprint density at radius 2 is 1.95 bits per heavy atom. The molecule has 0 amide bonds. The van der Waals surface area contributed by atoms with Crippen LogP contribution >= 0.6 is 11.6 Å². The molecule has 0 spiro atoms. The lowest BCUT2D eigenvalue weighted by Gasteiger charge is -2.13. The molecule has 1 heterocycles. The van der Waals surface area contributed by atoms with Gasteiger partial charge < -0.3 is 9.47 Å². The monoisotopic (exact) mass is 317 g/mol. The lowest BCUT2D eigenvalue weighted by molar-refractivity contribution is 0.405. The molecule has 0 fully saturated rings. The van der Waals surface area contributed by atoms with Gasteiger partial charge in [0.2, 0.25) is 0 Å². The zero-order valence-electron chi connectivity index (χ0n) is 10.7. The number of hydrogen-bond donors (Lipinski definition) is 2. The van der Waals surface area contributed by atoms with Gasteiger partial charge in [0.05, 0.1) is 31.1 Å². The quantitative estimate of drug-likeness (QED) is 0.878. The van der Waals surface area contributed by atoms with Crippen molar-refractivity contribution in [2.45, 2.75) is 4.90 Å². The standard InChI is InChI=1S/C11H12ClN3O4S/c1-18-10-4-9(11(19-2)3-8(10)12)15-20(16,17)7-5-13-14-6-7/h3-6,15H,1-2H3,(H,13,14). The Morgan fingerprint density at radius 1 is 1.25 bits per heavy atom. The number of nitrogens with zero attached hydrogens (tertiary/aromatic N) is 1. The number of nitrogens with one attached hydrogen (secondary N) is 2. The number of rotatable bonds is 5. The van der Waals surface area contributed by atoms with Gasteiger partial charge in [0, 0.05) is 18.3 Å². The molecular weight excluding hydrogens is 306 g/mol. The predicted molar refractivity (Wildman–Crippen MR) is 74.0 cm³/mol. The highest BCUT2D eigenvalue weighted by molar-refractivity contribution is 7.92. The average molecular weight is 318 g/mol.